The second-order valence-corrected chi connectivity index (χ2v) is 4.49. The summed E-state index contributed by atoms with van der Waals surface area (Å²) in [6, 6.07) is 3.58. The minimum Gasteiger partial charge on any atom is -0.333 e. The van der Waals surface area contributed by atoms with Crippen LogP contribution in [0.4, 0.5) is 4.79 Å². The number of fused-ring (bicyclic) bond motifs is 2. The summed E-state index contributed by atoms with van der Waals surface area (Å²) in [6.45, 7) is 0. The molecule has 0 radical (unpaired) electrons. The number of amides is 2. The van der Waals surface area contributed by atoms with Crippen LogP contribution in [0.25, 0.3) is 5.52 Å². The van der Waals surface area contributed by atoms with Crippen molar-refractivity contribution >= 4 is 11.5 Å². The average molecular weight is 230 g/mol. The predicted octanol–water partition coefficient (Wildman–Crippen LogP) is -0.0938. The Bertz CT molecular complexity index is 699. The number of hydrogen-bond acceptors (Lipinski definition) is 2. The van der Waals surface area contributed by atoms with Gasteiger partial charge in [-0.25, -0.2) is 4.79 Å². The molecule has 1 fully saturated rings. The van der Waals surface area contributed by atoms with E-state index in [0.29, 0.717) is 5.52 Å². The van der Waals surface area contributed by atoms with Crippen LogP contribution in [0.3, 0.4) is 0 Å². The van der Waals surface area contributed by atoms with E-state index in [-0.39, 0.29) is 23.7 Å². The number of nitrogens with zero attached hydrogens (tertiary/aromatic N) is 1. The van der Waals surface area contributed by atoms with E-state index in [1.807, 2.05) is 10.5 Å². The van der Waals surface area contributed by atoms with Crippen LogP contribution in [-0.4, -0.2) is 21.5 Å². The normalized spacial score (nSPS) is 25.5. The SMILES string of the molecule is O=C1NC2c3ccc4c(=O)[nH]cc(n34)C[C@H]2N1. The molecule has 6 nitrogen and oxygen atoms in total. The molecule has 4 rings (SSSR count). The first-order chi connectivity index (χ1) is 8.24. The molecule has 0 spiro atoms. The molecular formula is C11H10N4O2. The molecule has 0 bridgehead atoms. The molecule has 17 heavy (non-hydrogen) atoms. The van der Waals surface area contributed by atoms with Gasteiger partial charge in [0.15, 0.2) is 0 Å². The molecule has 2 atom stereocenters. The van der Waals surface area contributed by atoms with Gasteiger partial charge in [-0.1, -0.05) is 0 Å². The van der Waals surface area contributed by atoms with E-state index in [2.05, 4.69) is 15.6 Å². The smallest absolute Gasteiger partial charge is 0.315 e. The summed E-state index contributed by atoms with van der Waals surface area (Å²) < 4.78 is 1.94. The van der Waals surface area contributed by atoms with Gasteiger partial charge in [-0.3, -0.25) is 4.79 Å². The largest absolute Gasteiger partial charge is 0.333 e. The molecule has 0 aliphatic carbocycles. The molecule has 6 heteroatoms. The van der Waals surface area contributed by atoms with Crippen LogP contribution in [0.15, 0.2) is 23.1 Å². The first kappa shape index (κ1) is 8.86. The Morgan fingerprint density at radius 3 is 3.00 bits per heavy atom. The van der Waals surface area contributed by atoms with Crippen molar-refractivity contribution in [3.63, 3.8) is 0 Å². The van der Waals surface area contributed by atoms with E-state index in [4.69, 9.17) is 0 Å². The lowest BCUT2D eigenvalue weighted by Crippen LogP contribution is -2.35. The monoisotopic (exact) mass is 230 g/mol. The highest BCUT2D eigenvalue weighted by atomic mass is 16.2. The van der Waals surface area contributed by atoms with Crippen LogP contribution in [0.2, 0.25) is 0 Å². The summed E-state index contributed by atoms with van der Waals surface area (Å²) in [6.07, 6.45) is 2.44. The van der Waals surface area contributed by atoms with Crippen LogP contribution >= 0.6 is 0 Å². The van der Waals surface area contributed by atoms with Gasteiger partial charge in [-0.2, -0.15) is 0 Å². The summed E-state index contributed by atoms with van der Waals surface area (Å²) >= 11 is 0. The van der Waals surface area contributed by atoms with Crippen molar-refractivity contribution in [2.45, 2.75) is 18.5 Å². The number of rotatable bonds is 0. The van der Waals surface area contributed by atoms with Crippen LogP contribution < -0.4 is 16.2 Å². The van der Waals surface area contributed by atoms with Crippen molar-refractivity contribution in [1.82, 2.24) is 20.0 Å². The zero-order valence-electron chi connectivity index (χ0n) is 8.86. The van der Waals surface area contributed by atoms with Gasteiger partial charge in [0, 0.05) is 24.0 Å². The number of carbonyl (C=O) groups is 1. The minimum atomic E-state index is -0.144. The lowest BCUT2D eigenvalue weighted by molar-refractivity contribution is 0.247. The minimum absolute atomic E-state index is 0.0423. The fourth-order valence-corrected chi connectivity index (χ4v) is 2.84. The molecule has 0 saturated carbocycles. The van der Waals surface area contributed by atoms with Gasteiger partial charge in [0.25, 0.3) is 5.56 Å². The van der Waals surface area contributed by atoms with Crippen molar-refractivity contribution in [3.8, 4) is 0 Å². The molecule has 2 aromatic heterocycles. The van der Waals surface area contributed by atoms with Crippen molar-refractivity contribution in [2.24, 2.45) is 0 Å². The summed E-state index contributed by atoms with van der Waals surface area (Å²) in [4.78, 5) is 25.8. The Kier molecular flexibility index (Phi) is 1.41. The Hall–Kier alpha value is -2.24. The maximum atomic E-state index is 11.7. The van der Waals surface area contributed by atoms with E-state index in [1.54, 1.807) is 12.3 Å². The molecule has 4 heterocycles. The molecule has 86 valence electrons. The van der Waals surface area contributed by atoms with Crippen LogP contribution in [0.1, 0.15) is 17.4 Å². The Morgan fingerprint density at radius 2 is 2.12 bits per heavy atom. The number of aromatic nitrogens is 2. The van der Waals surface area contributed by atoms with E-state index in [9.17, 15) is 9.59 Å². The molecule has 2 amide bonds. The maximum absolute atomic E-state index is 11.7. The first-order valence-electron chi connectivity index (χ1n) is 5.53. The summed E-state index contributed by atoms with van der Waals surface area (Å²) in [5.41, 5.74) is 2.52. The lowest BCUT2D eigenvalue weighted by Gasteiger charge is -2.25. The fraction of sp³-hybridized carbons (Fsp3) is 0.273. The third kappa shape index (κ3) is 0.994. The third-order valence-electron chi connectivity index (χ3n) is 3.55. The van der Waals surface area contributed by atoms with Crippen molar-refractivity contribution in [2.75, 3.05) is 0 Å². The molecule has 2 aromatic rings. The zero-order valence-corrected chi connectivity index (χ0v) is 8.86. The molecule has 1 unspecified atom stereocenters. The van der Waals surface area contributed by atoms with Crippen LogP contribution in [0, 0.1) is 0 Å². The van der Waals surface area contributed by atoms with Crippen molar-refractivity contribution < 1.29 is 4.79 Å². The van der Waals surface area contributed by atoms with Gasteiger partial charge in [-0.15, -0.1) is 0 Å². The van der Waals surface area contributed by atoms with E-state index in [1.165, 1.54) is 0 Å². The molecule has 0 aromatic carbocycles. The number of hydrogen-bond donors (Lipinski definition) is 3. The highest BCUT2D eigenvalue weighted by Crippen LogP contribution is 2.29. The Morgan fingerprint density at radius 1 is 1.24 bits per heavy atom. The van der Waals surface area contributed by atoms with Gasteiger partial charge < -0.3 is 20.0 Å². The van der Waals surface area contributed by atoms with Crippen molar-refractivity contribution in [1.29, 1.82) is 0 Å². The first-order valence-corrected chi connectivity index (χ1v) is 5.53. The Balaban J connectivity index is 2.05. The fourth-order valence-electron chi connectivity index (χ4n) is 2.84. The van der Waals surface area contributed by atoms with E-state index in [0.717, 1.165) is 17.8 Å². The number of urea groups is 1. The third-order valence-corrected chi connectivity index (χ3v) is 3.55. The number of aromatic amines is 1. The predicted molar refractivity (Wildman–Crippen MR) is 59.9 cm³/mol. The lowest BCUT2D eigenvalue weighted by atomic mass is 9.98. The van der Waals surface area contributed by atoms with Gasteiger partial charge in [0.05, 0.1) is 12.1 Å². The zero-order chi connectivity index (χ0) is 11.6. The van der Waals surface area contributed by atoms with Gasteiger partial charge in [0.1, 0.15) is 5.52 Å². The van der Waals surface area contributed by atoms with Crippen LogP contribution in [0.5, 0.6) is 0 Å². The maximum Gasteiger partial charge on any atom is 0.315 e. The van der Waals surface area contributed by atoms with Crippen LogP contribution in [-0.2, 0) is 6.42 Å². The van der Waals surface area contributed by atoms with Gasteiger partial charge >= 0.3 is 6.03 Å². The standard InChI is InChI=1S/C11H10N4O2/c16-10-8-2-1-7-9-6(13-11(17)14-9)3-5(4-12-10)15(7)8/h1-2,4,6,9H,3H2,(H,12,16)(H2,13,14,17)/t6-,9?/m1/s1. The van der Waals surface area contributed by atoms with E-state index >= 15 is 0 Å². The van der Waals surface area contributed by atoms with Gasteiger partial charge in [0.2, 0.25) is 0 Å². The molecule has 2 aliphatic heterocycles. The molecular weight excluding hydrogens is 220 g/mol. The van der Waals surface area contributed by atoms with Gasteiger partial charge in [-0.05, 0) is 12.1 Å². The quantitative estimate of drug-likeness (QED) is 0.591. The number of carbonyl (C=O) groups excluding carboxylic acids is 1. The highest BCUT2D eigenvalue weighted by molar-refractivity contribution is 5.78. The summed E-state index contributed by atoms with van der Waals surface area (Å²) in [5, 5.41) is 5.77. The van der Waals surface area contributed by atoms with E-state index < -0.39 is 0 Å². The highest BCUT2D eigenvalue weighted by Gasteiger charge is 2.38. The second kappa shape index (κ2) is 2.71. The second-order valence-electron chi connectivity index (χ2n) is 4.49. The average Bonchev–Trinajstić information content (AvgIpc) is 2.87. The summed E-state index contributed by atoms with van der Waals surface area (Å²) in [5.74, 6) is 0. The molecule has 2 aliphatic rings. The Labute approximate surface area is 95.6 Å². The number of nitrogens with one attached hydrogen (secondary N) is 3. The molecule has 1 saturated heterocycles. The van der Waals surface area contributed by atoms with Crippen molar-refractivity contribution in [3.05, 3.63) is 40.1 Å². The number of H-pyrrole nitrogens is 1. The summed E-state index contributed by atoms with van der Waals surface area (Å²) in [7, 11) is 0. The molecule has 3 N–H and O–H groups in total. The topological polar surface area (TPSA) is 78.4 Å².